The number of hydrogen-bond donors (Lipinski definition) is 1. The predicted octanol–water partition coefficient (Wildman–Crippen LogP) is 2.60. The summed E-state index contributed by atoms with van der Waals surface area (Å²) >= 11 is 2.06. The molecule has 1 rings (SSSR count). The molecule has 0 spiro atoms. The molecule has 1 fully saturated rings. The highest BCUT2D eigenvalue weighted by molar-refractivity contribution is 7.99. The van der Waals surface area contributed by atoms with Crippen molar-refractivity contribution in [2.75, 3.05) is 24.7 Å². The van der Waals surface area contributed by atoms with Crippen molar-refractivity contribution < 1.29 is 9.53 Å². The van der Waals surface area contributed by atoms with Gasteiger partial charge < -0.3 is 10.1 Å². The van der Waals surface area contributed by atoms with Crippen LogP contribution >= 0.6 is 11.8 Å². The number of ether oxygens (including phenoxy) is 1. The van der Waals surface area contributed by atoms with E-state index >= 15 is 0 Å². The number of unbranched alkanes of at least 4 members (excludes halogenated alkanes) is 2. The molecule has 0 aromatic heterocycles. The zero-order valence-electron chi connectivity index (χ0n) is 10.9. The Morgan fingerprint density at radius 1 is 1.29 bits per heavy atom. The van der Waals surface area contributed by atoms with E-state index in [-0.39, 0.29) is 5.97 Å². The van der Waals surface area contributed by atoms with Gasteiger partial charge in [-0.15, -0.1) is 0 Å². The molecule has 1 saturated heterocycles. The van der Waals surface area contributed by atoms with Crippen molar-refractivity contribution in [2.45, 2.75) is 51.5 Å². The molecule has 0 atom stereocenters. The molecule has 0 saturated carbocycles. The predicted molar refractivity (Wildman–Crippen MR) is 73.5 cm³/mol. The van der Waals surface area contributed by atoms with Crippen molar-refractivity contribution in [1.82, 2.24) is 5.32 Å². The minimum atomic E-state index is -0.0511. The number of hydrogen-bond acceptors (Lipinski definition) is 4. The molecule has 0 bridgehead atoms. The van der Waals surface area contributed by atoms with Gasteiger partial charge in [0.1, 0.15) is 0 Å². The second kappa shape index (κ2) is 9.77. The molecule has 0 unspecified atom stereocenters. The maximum Gasteiger partial charge on any atom is 0.305 e. The van der Waals surface area contributed by atoms with Crippen LogP contribution in [0, 0.1) is 0 Å². The average Bonchev–Trinajstić information content (AvgIpc) is 2.35. The fourth-order valence-electron chi connectivity index (χ4n) is 2.01. The summed E-state index contributed by atoms with van der Waals surface area (Å²) in [4.78, 5) is 11.1. The van der Waals surface area contributed by atoms with Crippen LogP contribution in [0.15, 0.2) is 0 Å². The van der Waals surface area contributed by atoms with Gasteiger partial charge >= 0.3 is 5.97 Å². The van der Waals surface area contributed by atoms with Crippen LogP contribution in [0.2, 0.25) is 0 Å². The zero-order valence-corrected chi connectivity index (χ0v) is 11.7. The van der Waals surface area contributed by atoms with Gasteiger partial charge in [0.2, 0.25) is 0 Å². The summed E-state index contributed by atoms with van der Waals surface area (Å²) in [5, 5.41) is 3.61. The minimum absolute atomic E-state index is 0.0511. The smallest absolute Gasteiger partial charge is 0.305 e. The van der Waals surface area contributed by atoms with Crippen molar-refractivity contribution in [3.8, 4) is 0 Å². The van der Waals surface area contributed by atoms with Gasteiger partial charge in [-0.05, 0) is 50.7 Å². The summed E-state index contributed by atoms with van der Waals surface area (Å²) in [6.45, 7) is 3.45. The van der Waals surface area contributed by atoms with E-state index in [1.54, 1.807) is 0 Å². The highest BCUT2D eigenvalue weighted by Crippen LogP contribution is 2.16. The van der Waals surface area contributed by atoms with Gasteiger partial charge in [0.05, 0.1) is 6.61 Å². The molecule has 0 aromatic rings. The molecule has 1 aliphatic heterocycles. The van der Waals surface area contributed by atoms with Crippen molar-refractivity contribution in [1.29, 1.82) is 0 Å². The lowest BCUT2D eigenvalue weighted by atomic mass is 10.1. The van der Waals surface area contributed by atoms with E-state index in [0.717, 1.165) is 25.4 Å². The molecule has 4 heteroatoms. The monoisotopic (exact) mass is 259 g/mol. The van der Waals surface area contributed by atoms with E-state index in [0.29, 0.717) is 13.0 Å². The number of esters is 1. The summed E-state index contributed by atoms with van der Waals surface area (Å²) in [6, 6.07) is 0.737. The Kier molecular flexibility index (Phi) is 8.53. The molecule has 0 radical (unpaired) electrons. The Morgan fingerprint density at radius 3 is 2.76 bits per heavy atom. The average molecular weight is 259 g/mol. The highest BCUT2D eigenvalue weighted by atomic mass is 32.2. The van der Waals surface area contributed by atoms with E-state index in [9.17, 15) is 4.79 Å². The van der Waals surface area contributed by atoms with Gasteiger partial charge in [-0.3, -0.25) is 4.79 Å². The first-order valence-corrected chi connectivity index (χ1v) is 7.95. The van der Waals surface area contributed by atoms with Gasteiger partial charge in [0.15, 0.2) is 0 Å². The Labute approximate surface area is 109 Å². The zero-order chi connectivity index (χ0) is 12.3. The van der Waals surface area contributed by atoms with Gasteiger partial charge in [0.25, 0.3) is 0 Å². The quantitative estimate of drug-likeness (QED) is 0.537. The first-order chi connectivity index (χ1) is 8.33. The molecule has 0 amide bonds. The standard InChI is InChI=1S/C13H25NO2S/c1-2-16-13(15)6-4-3-5-9-14-12-7-10-17-11-8-12/h12,14H,2-11H2,1H3. The first-order valence-electron chi connectivity index (χ1n) is 6.79. The fourth-order valence-corrected chi connectivity index (χ4v) is 3.12. The summed E-state index contributed by atoms with van der Waals surface area (Å²) in [5.74, 6) is 2.56. The first kappa shape index (κ1) is 14.8. The number of carbonyl (C=O) groups excluding carboxylic acids is 1. The summed E-state index contributed by atoms with van der Waals surface area (Å²) < 4.78 is 4.89. The number of carbonyl (C=O) groups is 1. The summed E-state index contributed by atoms with van der Waals surface area (Å²) in [6.07, 6.45) is 6.45. The Hall–Kier alpha value is -0.220. The van der Waals surface area contributed by atoms with Gasteiger partial charge in [-0.1, -0.05) is 6.42 Å². The van der Waals surface area contributed by atoms with Crippen LogP contribution in [0.3, 0.4) is 0 Å². The van der Waals surface area contributed by atoms with Crippen LogP contribution in [0.4, 0.5) is 0 Å². The third kappa shape index (κ3) is 7.66. The van der Waals surface area contributed by atoms with Crippen LogP contribution in [0.1, 0.15) is 45.4 Å². The van der Waals surface area contributed by atoms with Crippen LogP contribution < -0.4 is 5.32 Å². The third-order valence-electron chi connectivity index (χ3n) is 3.02. The number of nitrogens with one attached hydrogen (secondary N) is 1. The third-order valence-corrected chi connectivity index (χ3v) is 4.07. The van der Waals surface area contributed by atoms with Crippen molar-refractivity contribution >= 4 is 17.7 Å². The normalized spacial score (nSPS) is 17.0. The molecular weight excluding hydrogens is 234 g/mol. The fraction of sp³-hybridized carbons (Fsp3) is 0.923. The summed E-state index contributed by atoms with van der Waals surface area (Å²) in [7, 11) is 0. The van der Waals surface area contributed by atoms with Crippen LogP contribution in [-0.4, -0.2) is 36.7 Å². The van der Waals surface area contributed by atoms with Crippen LogP contribution in [0.5, 0.6) is 0 Å². The molecule has 0 aliphatic carbocycles. The molecule has 0 aromatic carbocycles. The van der Waals surface area contributed by atoms with Crippen LogP contribution in [0.25, 0.3) is 0 Å². The molecular formula is C13H25NO2S. The van der Waals surface area contributed by atoms with Crippen molar-refractivity contribution in [2.24, 2.45) is 0 Å². The van der Waals surface area contributed by atoms with Gasteiger partial charge in [0, 0.05) is 12.5 Å². The SMILES string of the molecule is CCOC(=O)CCCCCNC1CCSCC1. The molecule has 1 aliphatic rings. The van der Waals surface area contributed by atoms with E-state index < -0.39 is 0 Å². The van der Waals surface area contributed by atoms with Gasteiger partial charge in [-0.2, -0.15) is 11.8 Å². The van der Waals surface area contributed by atoms with E-state index in [1.165, 1.54) is 30.8 Å². The van der Waals surface area contributed by atoms with E-state index in [2.05, 4.69) is 17.1 Å². The largest absolute Gasteiger partial charge is 0.466 e. The molecule has 17 heavy (non-hydrogen) atoms. The molecule has 100 valence electrons. The highest BCUT2D eigenvalue weighted by Gasteiger charge is 2.11. The van der Waals surface area contributed by atoms with Crippen LogP contribution in [-0.2, 0) is 9.53 Å². The minimum Gasteiger partial charge on any atom is -0.466 e. The molecule has 1 N–H and O–H groups in total. The van der Waals surface area contributed by atoms with Crippen molar-refractivity contribution in [3.63, 3.8) is 0 Å². The Morgan fingerprint density at radius 2 is 2.06 bits per heavy atom. The van der Waals surface area contributed by atoms with Gasteiger partial charge in [-0.25, -0.2) is 0 Å². The lowest BCUT2D eigenvalue weighted by molar-refractivity contribution is -0.143. The molecule has 1 heterocycles. The van der Waals surface area contributed by atoms with Crippen molar-refractivity contribution in [3.05, 3.63) is 0 Å². The lowest BCUT2D eigenvalue weighted by Gasteiger charge is -2.22. The summed E-state index contributed by atoms with van der Waals surface area (Å²) in [5.41, 5.74) is 0. The maximum absolute atomic E-state index is 11.1. The second-order valence-corrected chi connectivity index (χ2v) is 5.68. The topological polar surface area (TPSA) is 38.3 Å². The van der Waals surface area contributed by atoms with E-state index in [1.807, 2.05) is 6.92 Å². The maximum atomic E-state index is 11.1. The second-order valence-electron chi connectivity index (χ2n) is 4.46. The number of rotatable bonds is 8. The Balaban J connectivity index is 1.85. The molecule has 3 nitrogen and oxygen atoms in total. The number of thioether (sulfide) groups is 1. The van der Waals surface area contributed by atoms with E-state index in [4.69, 9.17) is 4.74 Å². The Bertz CT molecular complexity index is 206. The lowest BCUT2D eigenvalue weighted by Crippen LogP contribution is -2.33.